The molecule has 0 fully saturated rings. The summed E-state index contributed by atoms with van der Waals surface area (Å²) in [6, 6.07) is 12.7. The molecule has 0 aromatic heterocycles. The highest BCUT2D eigenvalue weighted by Gasteiger charge is 2.07. The number of amides is 1. The third-order valence-corrected chi connectivity index (χ3v) is 3.41. The maximum Gasteiger partial charge on any atom is 0.224 e. The number of rotatable bonds is 5. The molecule has 1 amide bonds. The number of ether oxygens (including phenoxy) is 1. The first-order chi connectivity index (χ1) is 10.1. The second kappa shape index (κ2) is 6.99. The average molecular weight is 305 g/mol. The van der Waals surface area contributed by atoms with Gasteiger partial charge < -0.3 is 15.8 Å². The van der Waals surface area contributed by atoms with Crippen LogP contribution in [0.25, 0.3) is 0 Å². The molecule has 0 radical (unpaired) electrons. The Morgan fingerprint density at radius 3 is 2.71 bits per heavy atom. The van der Waals surface area contributed by atoms with Crippen molar-refractivity contribution in [2.24, 2.45) is 0 Å². The Balaban J connectivity index is 1.93. The average Bonchev–Trinajstić information content (AvgIpc) is 2.46. The standard InChI is InChI=1S/C16H17ClN2O2/c1-21-15-8-7-12(10-13(15)17)19-16(20)9-6-11-4-2-3-5-14(11)18/h2-5,7-8,10H,6,9,18H2,1H3,(H,19,20). The van der Waals surface area contributed by atoms with Gasteiger partial charge in [-0.05, 0) is 36.2 Å². The molecule has 110 valence electrons. The first kappa shape index (κ1) is 15.2. The lowest BCUT2D eigenvalue weighted by Crippen LogP contribution is -2.12. The molecule has 0 unspecified atom stereocenters. The second-order valence-corrected chi connectivity index (χ2v) is 5.00. The number of nitrogen functional groups attached to an aromatic ring is 1. The van der Waals surface area contributed by atoms with Crippen LogP contribution in [-0.2, 0) is 11.2 Å². The van der Waals surface area contributed by atoms with Crippen LogP contribution >= 0.6 is 11.6 Å². The fourth-order valence-electron chi connectivity index (χ4n) is 1.98. The van der Waals surface area contributed by atoms with E-state index in [1.807, 2.05) is 24.3 Å². The van der Waals surface area contributed by atoms with Gasteiger partial charge in [-0.25, -0.2) is 0 Å². The van der Waals surface area contributed by atoms with Crippen LogP contribution in [-0.4, -0.2) is 13.0 Å². The van der Waals surface area contributed by atoms with Gasteiger partial charge in [0, 0.05) is 17.8 Å². The van der Waals surface area contributed by atoms with Crippen LogP contribution in [0.4, 0.5) is 11.4 Å². The Morgan fingerprint density at radius 2 is 2.05 bits per heavy atom. The highest BCUT2D eigenvalue weighted by atomic mass is 35.5. The molecule has 0 aliphatic rings. The van der Waals surface area contributed by atoms with E-state index >= 15 is 0 Å². The zero-order chi connectivity index (χ0) is 15.2. The van der Waals surface area contributed by atoms with Crippen molar-refractivity contribution in [2.45, 2.75) is 12.8 Å². The number of benzene rings is 2. The molecule has 21 heavy (non-hydrogen) atoms. The summed E-state index contributed by atoms with van der Waals surface area (Å²) in [5.41, 5.74) is 8.17. The van der Waals surface area contributed by atoms with Gasteiger partial charge in [-0.3, -0.25) is 4.79 Å². The van der Waals surface area contributed by atoms with Crippen molar-refractivity contribution < 1.29 is 9.53 Å². The highest BCUT2D eigenvalue weighted by Crippen LogP contribution is 2.27. The summed E-state index contributed by atoms with van der Waals surface area (Å²) < 4.78 is 5.06. The molecule has 0 saturated heterocycles. The Kier molecular flexibility index (Phi) is 5.06. The summed E-state index contributed by atoms with van der Waals surface area (Å²) in [6.45, 7) is 0. The second-order valence-electron chi connectivity index (χ2n) is 4.60. The normalized spacial score (nSPS) is 10.2. The molecule has 0 aliphatic carbocycles. The number of methoxy groups -OCH3 is 1. The molecule has 2 aromatic rings. The van der Waals surface area contributed by atoms with Gasteiger partial charge in [0.15, 0.2) is 0 Å². The van der Waals surface area contributed by atoms with Gasteiger partial charge in [0.2, 0.25) is 5.91 Å². The molecule has 0 atom stereocenters. The molecule has 5 heteroatoms. The fraction of sp³-hybridized carbons (Fsp3) is 0.188. The van der Waals surface area contributed by atoms with E-state index < -0.39 is 0 Å². The molecule has 2 aromatic carbocycles. The van der Waals surface area contributed by atoms with Crippen molar-refractivity contribution in [3.05, 3.63) is 53.1 Å². The Bertz CT molecular complexity index is 644. The van der Waals surface area contributed by atoms with Crippen molar-refractivity contribution in [1.29, 1.82) is 0 Å². The van der Waals surface area contributed by atoms with Gasteiger partial charge in [0.05, 0.1) is 12.1 Å². The first-order valence-electron chi connectivity index (χ1n) is 6.57. The van der Waals surface area contributed by atoms with Gasteiger partial charge in [-0.15, -0.1) is 0 Å². The number of carbonyl (C=O) groups is 1. The Labute approximate surface area is 128 Å². The van der Waals surface area contributed by atoms with Crippen LogP contribution in [0.15, 0.2) is 42.5 Å². The minimum absolute atomic E-state index is 0.0838. The molecular weight excluding hydrogens is 288 g/mol. The van der Waals surface area contributed by atoms with Crippen molar-refractivity contribution >= 4 is 28.9 Å². The maximum atomic E-state index is 11.9. The Morgan fingerprint density at radius 1 is 1.29 bits per heavy atom. The van der Waals surface area contributed by atoms with Gasteiger partial charge in [-0.2, -0.15) is 0 Å². The summed E-state index contributed by atoms with van der Waals surface area (Å²) in [7, 11) is 1.55. The predicted octanol–water partition coefficient (Wildman–Crippen LogP) is 3.50. The molecular formula is C16H17ClN2O2. The summed E-state index contributed by atoms with van der Waals surface area (Å²) in [6.07, 6.45) is 0.959. The van der Waals surface area contributed by atoms with Crippen molar-refractivity contribution in [2.75, 3.05) is 18.2 Å². The van der Waals surface area contributed by atoms with E-state index in [4.69, 9.17) is 22.1 Å². The predicted molar refractivity (Wildman–Crippen MR) is 85.8 cm³/mol. The topological polar surface area (TPSA) is 64.3 Å². The quantitative estimate of drug-likeness (QED) is 0.831. The van der Waals surface area contributed by atoms with Gasteiger partial charge >= 0.3 is 0 Å². The summed E-state index contributed by atoms with van der Waals surface area (Å²) >= 11 is 6.01. The number of nitrogens with one attached hydrogen (secondary N) is 1. The number of para-hydroxylation sites is 1. The molecule has 0 heterocycles. The number of hydrogen-bond donors (Lipinski definition) is 2. The van der Waals surface area contributed by atoms with Gasteiger partial charge in [0.25, 0.3) is 0 Å². The van der Waals surface area contributed by atoms with Crippen LogP contribution in [0.2, 0.25) is 5.02 Å². The largest absolute Gasteiger partial charge is 0.495 e. The SMILES string of the molecule is COc1ccc(NC(=O)CCc2ccccc2N)cc1Cl. The van der Waals surface area contributed by atoms with Crippen LogP contribution in [0, 0.1) is 0 Å². The number of halogens is 1. The summed E-state index contributed by atoms with van der Waals surface area (Å²) in [5.74, 6) is 0.492. The number of nitrogens with two attached hydrogens (primary N) is 1. The van der Waals surface area contributed by atoms with E-state index in [-0.39, 0.29) is 5.91 Å². The molecule has 2 rings (SSSR count). The molecule has 0 spiro atoms. The third kappa shape index (κ3) is 4.13. The zero-order valence-electron chi connectivity index (χ0n) is 11.7. The minimum Gasteiger partial charge on any atom is -0.495 e. The third-order valence-electron chi connectivity index (χ3n) is 3.11. The number of hydrogen-bond acceptors (Lipinski definition) is 3. The lowest BCUT2D eigenvalue weighted by Gasteiger charge is -2.09. The summed E-state index contributed by atoms with van der Waals surface area (Å²) in [4.78, 5) is 11.9. The number of anilines is 2. The maximum absolute atomic E-state index is 11.9. The van der Waals surface area contributed by atoms with Crippen LogP contribution in [0.1, 0.15) is 12.0 Å². The van der Waals surface area contributed by atoms with E-state index in [1.165, 1.54) is 0 Å². The first-order valence-corrected chi connectivity index (χ1v) is 6.94. The number of aryl methyl sites for hydroxylation is 1. The molecule has 0 saturated carbocycles. The number of carbonyl (C=O) groups excluding carboxylic acids is 1. The minimum atomic E-state index is -0.0838. The van der Waals surface area contributed by atoms with Crippen molar-refractivity contribution in [3.63, 3.8) is 0 Å². The smallest absolute Gasteiger partial charge is 0.224 e. The van der Waals surface area contributed by atoms with Crippen molar-refractivity contribution in [1.82, 2.24) is 0 Å². The fourth-order valence-corrected chi connectivity index (χ4v) is 2.24. The zero-order valence-corrected chi connectivity index (χ0v) is 12.5. The monoisotopic (exact) mass is 304 g/mol. The lowest BCUT2D eigenvalue weighted by atomic mass is 10.1. The van der Waals surface area contributed by atoms with Crippen LogP contribution in [0.5, 0.6) is 5.75 Å². The highest BCUT2D eigenvalue weighted by molar-refractivity contribution is 6.32. The molecule has 0 bridgehead atoms. The van der Waals surface area contributed by atoms with Crippen LogP contribution < -0.4 is 15.8 Å². The molecule has 4 nitrogen and oxygen atoms in total. The Hall–Kier alpha value is -2.20. The van der Waals surface area contributed by atoms with E-state index in [0.29, 0.717) is 35.0 Å². The van der Waals surface area contributed by atoms with E-state index in [1.54, 1.807) is 25.3 Å². The van der Waals surface area contributed by atoms with E-state index in [0.717, 1.165) is 5.56 Å². The van der Waals surface area contributed by atoms with Crippen LogP contribution in [0.3, 0.4) is 0 Å². The van der Waals surface area contributed by atoms with Gasteiger partial charge in [-0.1, -0.05) is 29.8 Å². The van der Waals surface area contributed by atoms with Crippen molar-refractivity contribution in [3.8, 4) is 5.75 Å². The molecule has 0 aliphatic heterocycles. The summed E-state index contributed by atoms with van der Waals surface area (Å²) in [5, 5.41) is 3.26. The lowest BCUT2D eigenvalue weighted by molar-refractivity contribution is -0.116. The molecule has 3 N–H and O–H groups in total. The van der Waals surface area contributed by atoms with Gasteiger partial charge in [0.1, 0.15) is 5.75 Å². The van der Waals surface area contributed by atoms with E-state index in [2.05, 4.69) is 5.32 Å². The van der Waals surface area contributed by atoms with E-state index in [9.17, 15) is 4.79 Å².